The maximum atomic E-state index is 12.0. The molecule has 116 valence electrons. The zero-order chi connectivity index (χ0) is 15.3. The van der Waals surface area contributed by atoms with Gasteiger partial charge in [0, 0.05) is 19.0 Å². The van der Waals surface area contributed by atoms with Crippen molar-refractivity contribution in [2.45, 2.75) is 44.2 Å². The zero-order valence-electron chi connectivity index (χ0n) is 12.7. The molecule has 1 aromatic rings. The Kier molecular flexibility index (Phi) is 5.20. The number of anilines is 1. The van der Waals surface area contributed by atoms with Gasteiger partial charge in [0.15, 0.2) is 0 Å². The fourth-order valence-corrected chi connectivity index (χ4v) is 2.43. The average Bonchev–Trinajstić information content (AvgIpc) is 2.43. The summed E-state index contributed by atoms with van der Waals surface area (Å²) in [5.41, 5.74) is 0.114. The van der Waals surface area contributed by atoms with Crippen LogP contribution in [0.5, 0.6) is 5.75 Å². The van der Waals surface area contributed by atoms with Crippen molar-refractivity contribution in [3.05, 3.63) is 24.3 Å². The second-order valence-electron chi connectivity index (χ2n) is 5.81. The molecule has 0 aromatic heterocycles. The number of carbonyl (C=O) groups excluding carboxylic acids is 1. The summed E-state index contributed by atoms with van der Waals surface area (Å²) >= 11 is 0. The Bertz CT molecular complexity index is 486. The second-order valence-corrected chi connectivity index (χ2v) is 5.81. The lowest BCUT2D eigenvalue weighted by atomic mass is 9.80. The molecule has 1 unspecified atom stereocenters. The van der Waals surface area contributed by atoms with E-state index in [4.69, 9.17) is 4.74 Å². The maximum absolute atomic E-state index is 12.0. The van der Waals surface area contributed by atoms with Crippen LogP contribution in [0.4, 0.5) is 5.69 Å². The van der Waals surface area contributed by atoms with Gasteiger partial charge >= 0.3 is 0 Å². The van der Waals surface area contributed by atoms with E-state index in [1.165, 1.54) is 0 Å². The first-order chi connectivity index (χ1) is 10.0. The molecule has 0 spiro atoms. The van der Waals surface area contributed by atoms with Gasteiger partial charge in [-0.05, 0) is 38.3 Å². The number of para-hydroxylation sites is 2. The van der Waals surface area contributed by atoms with Gasteiger partial charge in [-0.25, -0.2) is 0 Å². The molecule has 0 bridgehead atoms. The highest BCUT2D eigenvalue weighted by Crippen LogP contribution is 2.30. The summed E-state index contributed by atoms with van der Waals surface area (Å²) in [4.78, 5) is 12.0. The van der Waals surface area contributed by atoms with Gasteiger partial charge in [0.1, 0.15) is 5.75 Å². The minimum Gasteiger partial charge on any atom is -0.495 e. The monoisotopic (exact) mass is 292 g/mol. The molecule has 1 aliphatic rings. The molecule has 0 aliphatic heterocycles. The van der Waals surface area contributed by atoms with Crippen LogP contribution in [0, 0.1) is 0 Å². The molecule has 1 saturated carbocycles. The van der Waals surface area contributed by atoms with Gasteiger partial charge in [0.25, 0.3) is 0 Å². The van der Waals surface area contributed by atoms with Crippen molar-refractivity contribution in [2.75, 3.05) is 19.0 Å². The number of rotatable bonds is 7. The maximum Gasteiger partial charge on any atom is 0.226 e. The standard InChI is InChI=1S/C16H24N2O3/c1-12(17-11-16(20)8-5-9-16)10-15(19)18-13-6-3-4-7-14(13)21-2/h3-4,6-7,12,17,20H,5,8-11H2,1-2H3,(H,18,19). The third-order valence-electron chi connectivity index (χ3n) is 3.94. The first-order valence-electron chi connectivity index (χ1n) is 7.41. The molecule has 2 rings (SSSR count). The van der Waals surface area contributed by atoms with E-state index in [2.05, 4.69) is 10.6 Å². The first-order valence-corrected chi connectivity index (χ1v) is 7.41. The highest BCUT2D eigenvalue weighted by Gasteiger charge is 2.34. The number of carbonyl (C=O) groups is 1. The Balaban J connectivity index is 1.78. The smallest absolute Gasteiger partial charge is 0.226 e. The molecule has 5 nitrogen and oxygen atoms in total. The Morgan fingerprint density at radius 3 is 2.76 bits per heavy atom. The Morgan fingerprint density at radius 2 is 2.14 bits per heavy atom. The lowest BCUT2D eigenvalue weighted by molar-refractivity contribution is -0.116. The predicted molar refractivity (Wildman–Crippen MR) is 82.5 cm³/mol. The van der Waals surface area contributed by atoms with E-state index in [1.807, 2.05) is 31.2 Å². The average molecular weight is 292 g/mol. The molecule has 3 N–H and O–H groups in total. The third-order valence-corrected chi connectivity index (χ3v) is 3.94. The molecule has 21 heavy (non-hydrogen) atoms. The van der Waals surface area contributed by atoms with Crippen molar-refractivity contribution >= 4 is 11.6 Å². The van der Waals surface area contributed by atoms with E-state index in [1.54, 1.807) is 7.11 Å². The summed E-state index contributed by atoms with van der Waals surface area (Å²) in [6.07, 6.45) is 3.13. The van der Waals surface area contributed by atoms with E-state index in [9.17, 15) is 9.90 Å². The molecule has 0 heterocycles. The number of aliphatic hydroxyl groups is 1. The SMILES string of the molecule is COc1ccccc1NC(=O)CC(C)NCC1(O)CCC1. The number of methoxy groups -OCH3 is 1. The zero-order valence-corrected chi connectivity index (χ0v) is 12.7. The molecule has 1 fully saturated rings. The summed E-state index contributed by atoms with van der Waals surface area (Å²) in [6, 6.07) is 7.35. The number of benzene rings is 1. The van der Waals surface area contributed by atoms with Gasteiger partial charge in [0.05, 0.1) is 18.4 Å². The Labute approximate surface area is 125 Å². The van der Waals surface area contributed by atoms with E-state index in [-0.39, 0.29) is 11.9 Å². The van der Waals surface area contributed by atoms with Gasteiger partial charge < -0.3 is 20.5 Å². The van der Waals surface area contributed by atoms with Crippen LogP contribution in [0.1, 0.15) is 32.6 Å². The highest BCUT2D eigenvalue weighted by molar-refractivity contribution is 5.92. The van der Waals surface area contributed by atoms with E-state index in [0.29, 0.717) is 24.4 Å². The number of amides is 1. The summed E-state index contributed by atoms with van der Waals surface area (Å²) in [7, 11) is 1.58. The number of hydrogen-bond acceptors (Lipinski definition) is 4. The van der Waals surface area contributed by atoms with Crippen molar-refractivity contribution in [1.82, 2.24) is 5.32 Å². The molecule has 5 heteroatoms. The summed E-state index contributed by atoms with van der Waals surface area (Å²) in [5, 5.41) is 16.1. The fourth-order valence-electron chi connectivity index (χ4n) is 2.43. The molecule has 0 radical (unpaired) electrons. The van der Waals surface area contributed by atoms with Crippen molar-refractivity contribution in [1.29, 1.82) is 0 Å². The molecular weight excluding hydrogens is 268 g/mol. The van der Waals surface area contributed by atoms with Crippen LogP contribution < -0.4 is 15.4 Å². The number of nitrogens with one attached hydrogen (secondary N) is 2. The van der Waals surface area contributed by atoms with Gasteiger partial charge in [-0.2, -0.15) is 0 Å². The van der Waals surface area contributed by atoms with Gasteiger partial charge in [-0.15, -0.1) is 0 Å². The third kappa shape index (κ3) is 4.44. The topological polar surface area (TPSA) is 70.6 Å². The van der Waals surface area contributed by atoms with Crippen LogP contribution in [-0.2, 0) is 4.79 Å². The summed E-state index contributed by atoms with van der Waals surface area (Å²) in [5.74, 6) is 0.579. The highest BCUT2D eigenvalue weighted by atomic mass is 16.5. The van der Waals surface area contributed by atoms with Crippen molar-refractivity contribution in [3.8, 4) is 5.75 Å². The van der Waals surface area contributed by atoms with Crippen molar-refractivity contribution in [2.24, 2.45) is 0 Å². The molecule has 1 aromatic carbocycles. The van der Waals surface area contributed by atoms with Gasteiger partial charge in [0.2, 0.25) is 5.91 Å². The van der Waals surface area contributed by atoms with E-state index < -0.39 is 5.60 Å². The first kappa shape index (κ1) is 15.8. The van der Waals surface area contributed by atoms with Gasteiger partial charge in [-0.1, -0.05) is 12.1 Å². The number of hydrogen-bond donors (Lipinski definition) is 3. The van der Waals surface area contributed by atoms with Crippen LogP contribution in [0.15, 0.2) is 24.3 Å². The van der Waals surface area contributed by atoms with Crippen LogP contribution in [0.25, 0.3) is 0 Å². The largest absolute Gasteiger partial charge is 0.495 e. The fraction of sp³-hybridized carbons (Fsp3) is 0.562. The molecule has 1 atom stereocenters. The van der Waals surface area contributed by atoms with Gasteiger partial charge in [-0.3, -0.25) is 4.79 Å². The minimum atomic E-state index is -0.562. The lowest BCUT2D eigenvalue weighted by Crippen LogP contribution is -2.48. The summed E-state index contributed by atoms with van der Waals surface area (Å²) in [6.45, 7) is 2.50. The number of ether oxygens (including phenoxy) is 1. The Hall–Kier alpha value is -1.59. The van der Waals surface area contributed by atoms with Crippen LogP contribution in [0.3, 0.4) is 0 Å². The minimum absolute atomic E-state index is 0.0179. The van der Waals surface area contributed by atoms with E-state index >= 15 is 0 Å². The molecule has 1 aliphatic carbocycles. The van der Waals surface area contributed by atoms with Crippen molar-refractivity contribution < 1.29 is 14.6 Å². The molecule has 0 saturated heterocycles. The van der Waals surface area contributed by atoms with Crippen LogP contribution >= 0.6 is 0 Å². The normalized spacial score (nSPS) is 17.7. The van der Waals surface area contributed by atoms with Crippen LogP contribution in [-0.4, -0.2) is 36.3 Å². The predicted octanol–water partition coefficient (Wildman–Crippen LogP) is 1.92. The second kappa shape index (κ2) is 6.91. The Morgan fingerprint density at radius 1 is 1.43 bits per heavy atom. The quantitative estimate of drug-likeness (QED) is 0.718. The molecular formula is C16H24N2O3. The van der Waals surface area contributed by atoms with E-state index in [0.717, 1.165) is 19.3 Å². The van der Waals surface area contributed by atoms with Crippen LogP contribution in [0.2, 0.25) is 0 Å². The molecule has 1 amide bonds. The summed E-state index contributed by atoms with van der Waals surface area (Å²) < 4.78 is 5.20. The lowest BCUT2D eigenvalue weighted by Gasteiger charge is -2.37. The van der Waals surface area contributed by atoms with Crippen molar-refractivity contribution in [3.63, 3.8) is 0 Å².